The van der Waals surface area contributed by atoms with Crippen molar-refractivity contribution in [2.24, 2.45) is 0 Å². The van der Waals surface area contributed by atoms with Gasteiger partial charge in [-0.25, -0.2) is 4.98 Å². The molecular formula is C13H14BrN3OS. The van der Waals surface area contributed by atoms with Crippen LogP contribution in [0.3, 0.4) is 0 Å². The van der Waals surface area contributed by atoms with Crippen molar-refractivity contribution in [3.63, 3.8) is 0 Å². The summed E-state index contributed by atoms with van der Waals surface area (Å²) in [6.07, 6.45) is 4.19. The summed E-state index contributed by atoms with van der Waals surface area (Å²) in [6.45, 7) is 0.868. The molecule has 1 aliphatic carbocycles. The average Bonchev–Trinajstić information content (AvgIpc) is 3.14. The molecule has 1 aliphatic rings. The molecule has 6 heteroatoms. The van der Waals surface area contributed by atoms with Crippen LogP contribution in [-0.4, -0.2) is 23.1 Å². The number of nitrogens with zero attached hydrogens (tertiary/aromatic N) is 3. The standard InChI is InChI=1S/C13H14BrN3OS/c1-18-12-11(14)7-15-13(16-12)17(9-4-5-9)8-10-3-2-6-19-10/h2-3,6-7,9H,4-5,8H2,1H3. The lowest BCUT2D eigenvalue weighted by Crippen LogP contribution is -2.26. The molecule has 2 aromatic heterocycles. The van der Waals surface area contributed by atoms with Gasteiger partial charge in [0.1, 0.15) is 0 Å². The van der Waals surface area contributed by atoms with Crippen LogP contribution in [-0.2, 0) is 6.54 Å². The number of rotatable bonds is 5. The van der Waals surface area contributed by atoms with E-state index < -0.39 is 0 Å². The van der Waals surface area contributed by atoms with E-state index in [0.29, 0.717) is 11.9 Å². The molecule has 100 valence electrons. The predicted molar refractivity (Wildman–Crippen MR) is 79.8 cm³/mol. The third-order valence-electron chi connectivity index (χ3n) is 3.04. The first-order valence-electron chi connectivity index (χ1n) is 6.13. The molecule has 19 heavy (non-hydrogen) atoms. The van der Waals surface area contributed by atoms with E-state index in [1.807, 2.05) is 0 Å². The first kappa shape index (κ1) is 12.9. The van der Waals surface area contributed by atoms with Gasteiger partial charge in [0.25, 0.3) is 0 Å². The van der Waals surface area contributed by atoms with Gasteiger partial charge in [-0.1, -0.05) is 6.07 Å². The highest BCUT2D eigenvalue weighted by molar-refractivity contribution is 9.10. The second kappa shape index (κ2) is 5.46. The molecule has 0 spiro atoms. The van der Waals surface area contributed by atoms with E-state index in [1.54, 1.807) is 24.6 Å². The zero-order valence-corrected chi connectivity index (χ0v) is 12.9. The molecule has 0 bridgehead atoms. The van der Waals surface area contributed by atoms with Crippen LogP contribution < -0.4 is 9.64 Å². The molecule has 4 nitrogen and oxygen atoms in total. The zero-order chi connectivity index (χ0) is 13.2. The summed E-state index contributed by atoms with van der Waals surface area (Å²) in [4.78, 5) is 12.5. The maximum atomic E-state index is 5.25. The summed E-state index contributed by atoms with van der Waals surface area (Å²) < 4.78 is 6.03. The topological polar surface area (TPSA) is 38.2 Å². The summed E-state index contributed by atoms with van der Waals surface area (Å²) in [5, 5.41) is 2.10. The van der Waals surface area contributed by atoms with Gasteiger partial charge in [0.05, 0.1) is 24.3 Å². The van der Waals surface area contributed by atoms with Crippen LogP contribution in [0.5, 0.6) is 5.88 Å². The van der Waals surface area contributed by atoms with Crippen molar-refractivity contribution in [1.29, 1.82) is 0 Å². The fourth-order valence-corrected chi connectivity index (χ4v) is 3.00. The average molecular weight is 340 g/mol. The lowest BCUT2D eigenvalue weighted by atomic mass is 10.4. The van der Waals surface area contributed by atoms with Crippen LogP contribution in [0.25, 0.3) is 0 Å². The Morgan fingerprint density at radius 3 is 3.00 bits per heavy atom. The van der Waals surface area contributed by atoms with Crippen molar-refractivity contribution in [3.05, 3.63) is 33.1 Å². The number of halogens is 1. The second-order valence-corrected chi connectivity index (χ2v) is 6.35. The minimum absolute atomic E-state index is 0.563. The van der Waals surface area contributed by atoms with E-state index in [2.05, 4.69) is 48.3 Å². The molecule has 0 saturated heterocycles. The van der Waals surface area contributed by atoms with Gasteiger partial charge in [0, 0.05) is 10.9 Å². The van der Waals surface area contributed by atoms with Crippen molar-refractivity contribution >= 4 is 33.2 Å². The normalized spacial score (nSPS) is 14.4. The van der Waals surface area contributed by atoms with Gasteiger partial charge >= 0.3 is 0 Å². The minimum atomic E-state index is 0.563. The van der Waals surface area contributed by atoms with Gasteiger partial charge in [-0.05, 0) is 40.2 Å². The third-order valence-corrected chi connectivity index (χ3v) is 4.45. The van der Waals surface area contributed by atoms with E-state index in [-0.39, 0.29) is 0 Å². The highest BCUT2D eigenvalue weighted by atomic mass is 79.9. The summed E-state index contributed by atoms with van der Waals surface area (Å²) in [7, 11) is 1.62. The Bertz CT molecular complexity index is 557. The van der Waals surface area contributed by atoms with Crippen LogP contribution in [0, 0.1) is 0 Å². The lowest BCUT2D eigenvalue weighted by molar-refractivity contribution is 0.393. The highest BCUT2D eigenvalue weighted by Crippen LogP contribution is 2.33. The van der Waals surface area contributed by atoms with Crippen LogP contribution in [0.15, 0.2) is 28.2 Å². The summed E-state index contributed by atoms with van der Waals surface area (Å²) in [5.74, 6) is 1.33. The van der Waals surface area contributed by atoms with Gasteiger partial charge < -0.3 is 9.64 Å². The van der Waals surface area contributed by atoms with Crippen LogP contribution in [0.4, 0.5) is 5.95 Å². The molecule has 2 heterocycles. The first-order chi connectivity index (χ1) is 9.28. The molecule has 0 aliphatic heterocycles. The summed E-state index contributed by atoms with van der Waals surface area (Å²) in [6, 6.07) is 4.79. The van der Waals surface area contributed by atoms with Gasteiger partial charge in [-0.3, -0.25) is 0 Å². The van der Waals surface area contributed by atoms with Crippen LogP contribution in [0.2, 0.25) is 0 Å². The lowest BCUT2D eigenvalue weighted by Gasteiger charge is -2.22. The summed E-state index contributed by atoms with van der Waals surface area (Å²) >= 11 is 5.15. The Hall–Kier alpha value is -1.14. The van der Waals surface area contributed by atoms with Gasteiger partial charge in [-0.15, -0.1) is 11.3 Å². The molecular weight excluding hydrogens is 326 g/mol. The van der Waals surface area contributed by atoms with E-state index in [1.165, 1.54) is 17.7 Å². The van der Waals surface area contributed by atoms with E-state index in [0.717, 1.165) is 17.0 Å². The number of hydrogen-bond donors (Lipinski definition) is 0. The van der Waals surface area contributed by atoms with E-state index >= 15 is 0 Å². The molecule has 1 fully saturated rings. The van der Waals surface area contributed by atoms with Crippen molar-refractivity contribution < 1.29 is 4.74 Å². The summed E-state index contributed by atoms with van der Waals surface area (Å²) in [5.41, 5.74) is 0. The molecule has 3 rings (SSSR count). The Kier molecular flexibility index (Phi) is 3.70. The maximum Gasteiger partial charge on any atom is 0.232 e. The quantitative estimate of drug-likeness (QED) is 0.835. The van der Waals surface area contributed by atoms with E-state index in [4.69, 9.17) is 4.74 Å². The number of anilines is 1. The Balaban J connectivity index is 1.87. The number of methoxy groups -OCH3 is 1. The number of thiophene rings is 1. The van der Waals surface area contributed by atoms with Crippen molar-refractivity contribution in [1.82, 2.24) is 9.97 Å². The van der Waals surface area contributed by atoms with Gasteiger partial charge in [0.2, 0.25) is 11.8 Å². The van der Waals surface area contributed by atoms with Crippen LogP contribution in [0.1, 0.15) is 17.7 Å². The molecule has 2 aromatic rings. The fraction of sp³-hybridized carbons (Fsp3) is 0.385. The number of aromatic nitrogens is 2. The fourth-order valence-electron chi connectivity index (χ4n) is 1.94. The second-order valence-electron chi connectivity index (χ2n) is 4.47. The van der Waals surface area contributed by atoms with Crippen molar-refractivity contribution in [3.8, 4) is 5.88 Å². The largest absolute Gasteiger partial charge is 0.480 e. The maximum absolute atomic E-state index is 5.25. The molecule has 0 unspecified atom stereocenters. The van der Waals surface area contributed by atoms with Crippen molar-refractivity contribution in [2.75, 3.05) is 12.0 Å². The Morgan fingerprint density at radius 2 is 2.37 bits per heavy atom. The SMILES string of the molecule is COc1nc(N(Cc2cccs2)C2CC2)ncc1Br. The van der Waals surface area contributed by atoms with Gasteiger partial charge in [-0.2, -0.15) is 4.98 Å². The number of hydrogen-bond acceptors (Lipinski definition) is 5. The van der Waals surface area contributed by atoms with E-state index in [9.17, 15) is 0 Å². The monoisotopic (exact) mass is 339 g/mol. The number of ether oxygens (including phenoxy) is 1. The van der Waals surface area contributed by atoms with Gasteiger partial charge in [0.15, 0.2) is 0 Å². The third kappa shape index (κ3) is 2.90. The van der Waals surface area contributed by atoms with Crippen molar-refractivity contribution in [2.45, 2.75) is 25.4 Å². The van der Waals surface area contributed by atoms with Crippen LogP contribution >= 0.6 is 27.3 Å². The zero-order valence-electron chi connectivity index (χ0n) is 10.5. The predicted octanol–water partition coefficient (Wildman–Crippen LogP) is 3.48. The first-order valence-corrected chi connectivity index (χ1v) is 7.80. The molecule has 1 saturated carbocycles. The Morgan fingerprint density at radius 1 is 1.53 bits per heavy atom. The molecule has 0 atom stereocenters. The smallest absolute Gasteiger partial charge is 0.232 e. The molecule has 0 radical (unpaired) electrons. The minimum Gasteiger partial charge on any atom is -0.480 e. The Labute approximate surface area is 124 Å². The highest BCUT2D eigenvalue weighted by Gasteiger charge is 2.31. The molecule has 0 N–H and O–H groups in total. The molecule has 0 amide bonds. The molecule has 0 aromatic carbocycles.